The lowest BCUT2D eigenvalue weighted by atomic mass is 9.97. The molecular formula is C17H18N2O2S. The van der Waals surface area contributed by atoms with Crippen molar-refractivity contribution in [3.05, 3.63) is 41.1 Å². The second kappa shape index (κ2) is 6.48. The van der Waals surface area contributed by atoms with Crippen molar-refractivity contribution in [2.45, 2.75) is 37.6 Å². The number of carboxylic acids is 1. The smallest absolute Gasteiger partial charge is 0.313 e. The number of aryl methyl sites for hydroxylation is 2. The van der Waals surface area contributed by atoms with E-state index in [2.05, 4.69) is 11.1 Å². The van der Waals surface area contributed by atoms with Crippen molar-refractivity contribution < 1.29 is 9.90 Å². The fourth-order valence-electron chi connectivity index (χ4n) is 2.72. The molecule has 1 N–H and O–H groups in total. The lowest BCUT2D eigenvalue weighted by molar-refractivity contribution is -0.133. The van der Waals surface area contributed by atoms with Crippen LogP contribution in [0.4, 0.5) is 0 Å². The number of aromatic nitrogens is 2. The van der Waals surface area contributed by atoms with Crippen molar-refractivity contribution in [3.63, 3.8) is 0 Å². The SMILES string of the molecule is Cc1cccc(-c2nc3c(c(SCC(=O)O)n2)CCCC3)c1. The fraction of sp³-hybridized carbons (Fsp3) is 0.353. The van der Waals surface area contributed by atoms with Crippen LogP contribution in [0, 0.1) is 6.92 Å². The number of nitrogens with zero attached hydrogens (tertiary/aromatic N) is 2. The van der Waals surface area contributed by atoms with Crippen molar-refractivity contribution in [2.24, 2.45) is 0 Å². The first-order chi connectivity index (χ1) is 10.6. The van der Waals surface area contributed by atoms with Gasteiger partial charge in [0.1, 0.15) is 5.03 Å². The maximum atomic E-state index is 10.9. The molecule has 0 aliphatic heterocycles. The number of hydrogen-bond acceptors (Lipinski definition) is 4. The molecule has 114 valence electrons. The number of thioether (sulfide) groups is 1. The molecule has 22 heavy (non-hydrogen) atoms. The molecule has 1 aliphatic carbocycles. The third kappa shape index (κ3) is 3.30. The van der Waals surface area contributed by atoms with Crippen LogP contribution in [0.2, 0.25) is 0 Å². The quantitative estimate of drug-likeness (QED) is 0.691. The van der Waals surface area contributed by atoms with Gasteiger partial charge in [-0.15, -0.1) is 0 Å². The Kier molecular flexibility index (Phi) is 4.43. The van der Waals surface area contributed by atoms with Crippen molar-refractivity contribution in [1.29, 1.82) is 0 Å². The van der Waals surface area contributed by atoms with E-state index in [0.717, 1.165) is 47.5 Å². The van der Waals surface area contributed by atoms with Crippen LogP contribution in [0.5, 0.6) is 0 Å². The number of hydrogen-bond donors (Lipinski definition) is 1. The minimum Gasteiger partial charge on any atom is -0.481 e. The van der Waals surface area contributed by atoms with Crippen LogP contribution in [0.15, 0.2) is 29.3 Å². The molecule has 0 unspecified atom stereocenters. The first-order valence-electron chi connectivity index (χ1n) is 7.45. The standard InChI is InChI=1S/C17H18N2O2S/c1-11-5-4-6-12(9-11)16-18-14-8-3-2-7-13(14)17(19-16)22-10-15(20)21/h4-6,9H,2-3,7-8,10H2,1H3,(H,20,21). The molecule has 3 rings (SSSR count). The van der Waals surface area contributed by atoms with Crippen LogP contribution in [0.3, 0.4) is 0 Å². The molecule has 5 heteroatoms. The summed E-state index contributed by atoms with van der Waals surface area (Å²) in [6, 6.07) is 8.11. The number of rotatable bonds is 4. The molecule has 0 saturated carbocycles. The van der Waals surface area contributed by atoms with Crippen LogP contribution in [-0.4, -0.2) is 26.8 Å². The molecule has 1 aromatic carbocycles. The summed E-state index contributed by atoms with van der Waals surface area (Å²) in [5, 5.41) is 9.77. The molecule has 2 aromatic rings. The summed E-state index contributed by atoms with van der Waals surface area (Å²) in [4.78, 5) is 20.3. The first kappa shape index (κ1) is 15.0. The highest BCUT2D eigenvalue weighted by molar-refractivity contribution is 7.99. The van der Waals surface area contributed by atoms with E-state index in [-0.39, 0.29) is 5.75 Å². The summed E-state index contributed by atoms with van der Waals surface area (Å²) >= 11 is 1.31. The number of carboxylic acid groups (broad SMARTS) is 1. The Morgan fingerprint density at radius 1 is 1.27 bits per heavy atom. The minimum atomic E-state index is -0.815. The number of aliphatic carboxylic acids is 1. The summed E-state index contributed by atoms with van der Waals surface area (Å²) in [7, 11) is 0. The van der Waals surface area contributed by atoms with E-state index in [1.165, 1.54) is 17.3 Å². The Labute approximate surface area is 134 Å². The first-order valence-corrected chi connectivity index (χ1v) is 8.43. The zero-order valence-electron chi connectivity index (χ0n) is 12.5. The van der Waals surface area contributed by atoms with E-state index in [0.29, 0.717) is 5.82 Å². The van der Waals surface area contributed by atoms with Crippen LogP contribution in [-0.2, 0) is 17.6 Å². The van der Waals surface area contributed by atoms with Gasteiger partial charge in [0, 0.05) is 16.8 Å². The monoisotopic (exact) mass is 314 g/mol. The van der Waals surface area contributed by atoms with Crippen LogP contribution >= 0.6 is 11.8 Å². The van der Waals surface area contributed by atoms with Crippen molar-refractivity contribution in [2.75, 3.05) is 5.75 Å². The predicted molar refractivity (Wildman–Crippen MR) is 87.2 cm³/mol. The van der Waals surface area contributed by atoms with Gasteiger partial charge >= 0.3 is 5.97 Å². The molecule has 0 saturated heterocycles. The Bertz CT molecular complexity index is 716. The van der Waals surface area contributed by atoms with Gasteiger partial charge < -0.3 is 5.11 Å². The summed E-state index contributed by atoms with van der Waals surface area (Å²) in [5.41, 5.74) is 4.39. The van der Waals surface area contributed by atoms with E-state index < -0.39 is 5.97 Å². The van der Waals surface area contributed by atoms with Gasteiger partial charge in [0.15, 0.2) is 5.82 Å². The summed E-state index contributed by atoms with van der Waals surface area (Å²) < 4.78 is 0. The second-order valence-electron chi connectivity index (χ2n) is 5.54. The maximum absolute atomic E-state index is 10.9. The summed E-state index contributed by atoms with van der Waals surface area (Å²) in [5.74, 6) is -0.0704. The highest BCUT2D eigenvalue weighted by atomic mass is 32.2. The Morgan fingerprint density at radius 3 is 2.86 bits per heavy atom. The highest BCUT2D eigenvalue weighted by Gasteiger charge is 2.19. The molecule has 1 aromatic heterocycles. The third-order valence-electron chi connectivity index (χ3n) is 3.75. The van der Waals surface area contributed by atoms with Crippen LogP contribution in [0.25, 0.3) is 11.4 Å². The number of carbonyl (C=O) groups is 1. The molecule has 0 atom stereocenters. The van der Waals surface area contributed by atoms with E-state index in [1.54, 1.807) is 0 Å². The van der Waals surface area contributed by atoms with Gasteiger partial charge in [0.05, 0.1) is 5.75 Å². The molecule has 1 aliphatic rings. The predicted octanol–water partition coefficient (Wildman–Crippen LogP) is 3.51. The van der Waals surface area contributed by atoms with Crippen molar-refractivity contribution >= 4 is 17.7 Å². The van der Waals surface area contributed by atoms with Crippen LogP contribution in [0.1, 0.15) is 29.7 Å². The topological polar surface area (TPSA) is 63.1 Å². The van der Waals surface area contributed by atoms with Gasteiger partial charge in [0.25, 0.3) is 0 Å². The minimum absolute atomic E-state index is 0.0384. The van der Waals surface area contributed by atoms with Gasteiger partial charge in [-0.1, -0.05) is 35.5 Å². The Morgan fingerprint density at radius 2 is 2.09 bits per heavy atom. The number of fused-ring (bicyclic) bond motifs is 1. The molecule has 4 nitrogen and oxygen atoms in total. The normalized spacial score (nSPS) is 13.7. The molecule has 0 radical (unpaired) electrons. The van der Waals surface area contributed by atoms with Crippen molar-refractivity contribution in [3.8, 4) is 11.4 Å². The molecule has 0 fully saturated rings. The van der Waals surface area contributed by atoms with Gasteiger partial charge in [0.2, 0.25) is 0 Å². The van der Waals surface area contributed by atoms with Gasteiger partial charge in [-0.3, -0.25) is 4.79 Å². The van der Waals surface area contributed by atoms with Gasteiger partial charge in [-0.25, -0.2) is 9.97 Å². The van der Waals surface area contributed by atoms with E-state index in [9.17, 15) is 4.79 Å². The average molecular weight is 314 g/mol. The van der Waals surface area contributed by atoms with Crippen LogP contribution < -0.4 is 0 Å². The van der Waals surface area contributed by atoms with E-state index in [4.69, 9.17) is 10.1 Å². The zero-order chi connectivity index (χ0) is 15.5. The zero-order valence-corrected chi connectivity index (χ0v) is 13.3. The van der Waals surface area contributed by atoms with Crippen molar-refractivity contribution in [1.82, 2.24) is 9.97 Å². The molecular weight excluding hydrogens is 296 g/mol. The average Bonchev–Trinajstić information content (AvgIpc) is 2.52. The lowest BCUT2D eigenvalue weighted by Crippen LogP contribution is -2.11. The van der Waals surface area contributed by atoms with E-state index in [1.807, 2.05) is 25.1 Å². The molecule has 0 bridgehead atoms. The second-order valence-corrected chi connectivity index (χ2v) is 6.50. The third-order valence-corrected chi connectivity index (χ3v) is 4.76. The molecule has 0 amide bonds. The summed E-state index contributed by atoms with van der Waals surface area (Å²) in [6.45, 7) is 2.04. The Hall–Kier alpha value is -1.88. The fourth-order valence-corrected chi connectivity index (χ4v) is 3.53. The van der Waals surface area contributed by atoms with Gasteiger partial charge in [-0.05, 0) is 38.7 Å². The van der Waals surface area contributed by atoms with E-state index >= 15 is 0 Å². The molecule has 0 spiro atoms. The highest BCUT2D eigenvalue weighted by Crippen LogP contribution is 2.31. The van der Waals surface area contributed by atoms with Gasteiger partial charge in [-0.2, -0.15) is 0 Å². The Balaban J connectivity index is 2.04. The summed E-state index contributed by atoms with van der Waals surface area (Å²) in [6.07, 6.45) is 4.17. The number of benzene rings is 1. The maximum Gasteiger partial charge on any atom is 0.313 e. The lowest BCUT2D eigenvalue weighted by Gasteiger charge is -2.18. The largest absolute Gasteiger partial charge is 0.481 e. The molecule has 1 heterocycles.